The van der Waals surface area contributed by atoms with Gasteiger partial charge < -0.3 is 46.7 Å². The molecule has 0 aromatic heterocycles. The van der Waals surface area contributed by atoms with Crippen molar-refractivity contribution in [1.82, 2.24) is 18.5 Å². The lowest BCUT2D eigenvalue weighted by molar-refractivity contribution is 0.275. The fourth-order valence-corrected chi connectivity index (χ4v) is 3.84. The highest BCUT2D eigenvalue weighted by Crippen LogP contribution is 2.51. The second-order valence-electron chi connectivity index (χ2n) is 6.53. The number of phosphoric acid groups is 2. The first-order valence-corrected chi connectivity index (χ1v) is 12.1. The molecule has 0 unspecified atom stereocenters. The number of phosphoric ester groups is 1. The lowest BCUT2D eigenvalue weighted by atomic mass is 10.2. The molecule has 14 heteroatoms. The molecule has 11 nitrogen and oxygen atoms in total. The maximum absolute atomic E-state index is 13.5. The molecule has 194 valence electrons. The van der Waals surface area contributed by atoms with E-state index in [4.69, 9.17) is 32.8 Å². The summed E-state index contributed by atoms with van der Waals surface area (Å²) < 4.78 is 39.7. The lowest BCUT2D eigenvalue weighted by Gasteiger charge is -2.21. The number of benzene rings is 3. The van der Waals surface area contributed by atoms with Gasteiger partial charge in [-0.1, -0.05) is 54.6 Å². The molecule has 0 aliphatic heterocycles. The van der Waals surface area contributed by atoms with E-state index >= 15 is 0 Å². The molecule has 3 aromatic rings. The zero-order chi connectivity index (χ0) is 23.1. The molecule has 0 radical (unpaired) electrons. The minimum absolute atomic E-state index is 0. The molecular formula is C21H35MgN3O8P2. The molecule has 0 aliphatic rings. The molecule has 35 heavy (non-hydrogen) atoms. The predicted octanol–water partition coefficient (Wildman–Crippen LogP) is 4.90. The van der Waals surface area contributed by atoms with Crippen LogP contribution in [0.1, 0.15) is 16.7 Å². The highest BCUT2D eigenvalue weighted by molar-refractivity contribution is 7.49. The molecule has 0 fully saturated rings. The number of hydrogen-bond acceptors (Lipinski definition) is 8. The van der Waals surface area contributed by atoms with Crippen molar-refractivity contribution in [3.05, 3.63) is 89.5 Å². The minimum Gasteiger partial charge on any atom is -0.386 e. The maximum Gasteiger partial charge on any atom is 0.647 e. The van der Waals surface area contributed by atoms with Gasteiger partial charge in [-0.3, -0.25) is 0 Å². The Morgan fingerprint density at radius 1 is 0.543 bits per heavy atom. The van der Waals surface area contributed by atoms with Crippen molar-refractivity contribution in [2.75, 3.05) is 0 Å². The van der Waals surface area contributed by atoms with Crippen LogP contribution >= 0.6 is 15.6 Å². The predicted molar refractivity (Wildman–Crippen MR) is 141 cm³/mol. The van der Waals surface area contributed by atoms with Crippen molar-refractivity contribution < 1.29 is 37.4 Å². The van der Waals surface area contributed by atoms with Crippen molar-refractivity contribution in [2.24, 2.45) is 0 Å². The van der Waals surface area contributed by atoms with E-state index in [1.165, 1.54) is 0 Å². The maximum atomic E-state index is 13.5. The number of rotatable bonds is 6. The van der Waals surface area contributed by atoms with Gasteiger partial charge in [-0.15, -0.1) is 0 Å². The van der Waals surface area contributed by atoms with Crippen LogP contribution in [0.15, 0.2) is 72.8 Å². The number of hydrogen-bond donors (Lipinski definition) is 6. The molecular weight excluding hydrogens is 508 g/mol. The van der Waals surface area contributed by atoms with E-state index in [1.54, 1.807) is 18.2 Å². The second-order valence-corrected chi connectivity index (χ2v) is 9.00. The molecule has 0 saturated heterocycles. The van der Waals surface area contributed by atoms with Gasteiger partial charge in [0.15, 0.2) is 0 Å². The smallest absolute Gasteiger partial charge is 0.386 e. The van der Waals surface area contributed by atoms with Crippen LogP contribution in [0, 0.1) is 20.8 Å². The highest BCUT2D eigenvalue weighted by atomic mass is 31.2. The molecule has 3 rings (SSSR count). The van der Waals surface area contributed by atoms with Gasteiger partial charge in [0.1, 0.15) is 17.2 Å². The quantitative estimate of drug-likeness (QED) is 0.181. The van der Waals surface area contributed by atoms with Gasteiger partial charge in [0.05, 0.1) is 0 Å². The summed E-state index contributed by atoms with van der Waals surface area (Å²) in [4.78, 5) is 21.6. The van der Waals surface area contributed by atoms with Crippen molar-refractivity contribution in [3.8, 4) is 17.2 Å². The van der Waals surface area contributed by atoms with Crippen molar-refractivity contribution in [1.29, 1.82) is 0 Å². The average Bonchev–Trinajstić information content (AvgIpc) is 2.66. The lowest BCUT2D eigenvalue weighted by Crippen LogP contribution is -2.09. The summed E-state index contributed by atoms with van der Waals surface area (Å²) in [6.45, 7) is 5.63. The Labute approximate surface area is 221 Å². The Morgan fingerprint density at radius 3 is 0.943 bits per heavy atom. The normalized spacial score (nSPS) is 9.89. The fourth-order valence-electron chi connectivity index (χ4n) is 2.39. The van der Waals surface area contributed by atoms with Gasteiger partial charge in [-0.25, -0.2) is 4.57 Å². The molecule has 0 spiro atoms. The first-order valence-electron chi connectivity index (χ1n) is 9.11. The van der Waals surface area contributed by atoms with Crippen LogP contribution in [0.3, 0.4) is 0 Å². The van der Waals surface area contributed by atoms with Crippen LogP contribution in [-0.4, -0.2) is 37.7 Å². The van der Waals surface area contributed by atoms with E-state index in [2.05, 4.69) is 0 Å². The van der Waals surface area contributed by atoms with Gasteiger partial charge in [-0.2, -0.15) is 4.57 Å². The van der Waals surface area contributed by atoms with Crippen molar-refractivity contribution in [2.45, 2.75) is 20.8 Å². The Morgan fingerprint density at radius 2 is 0.743 bits per heavy atom. The Hall–Kier alpha value is -1.95. The van der Waals surface area contributed by atoms with E-state index in [-0.39, 0.29) is 41.5 Å². The zero-order valence-corrected chi connectivity index (χ0v) is 21.1. The number of aryl methyl sites for hydroxylation is 3. The van der Waals surface area contributed by atoms with Gasteiger partial charge in [-0.05, 0) is 55.7 Å². The second kappa shape index (κ2) is 16.7. The first kappa shape index (κ1) is 37.6. The molecule has 0 atom stereocenters. The average molecular weight is 544 g/mol. The van der Waals surface area contributed by atoms with Crippen molar-refractivity contribution >= 4 is 38.7 Å². The SMILES string of the molecule is Cc1ccccc1OP(=O)(Oc1ccccc1C)Oc1ccccc1C.N.N.N.O=P(O)(O)O.[MgH2]. The van der Waals surface area contributed by atoms with Crippen LogP contribution in [0.2, 0.25) is 0 Å². The molecule has 0 bridgehead atoms. The summed E-state index contributed by atoms with van der Waals surface area (Å²) in [5.41, 5.74) is 2.53. The topological polar surface area (TPSA) is 228 Å². The fraction of sp³-hybridized carbons (Fsp3) is 0.143. The van der Waals surface area contributed by atoms with Crippen LogP contribution in [-0.2, 0) is 9.13 Å². The molecule has 0 heterocycles. The van der Waals surface area contributed by atoms with Crippen LogP contribution in [0.5, 0.6) is 17.2 Å². The third-order valence-corrected chi connectivity index (χ3v) is 5.17. The third kappa shape index (κ3) is 13.6. The molecule has 0 saturated carbocycles. The van der Waals surface area contributed by atoms with Gasteiger partial charge in [0, 0.05) is 0 Å². The molecule has 3 aromatic carbocycles. The van der Waals surface area contributed by atoms with Crippen LogP contribution in [0.4, 0.5) is 0 Å². The van der Waals surface area contributed by atoms with E-state index in [0.29, 0.717) is 17.2 Å². The Kier molecular flexibility index (Phi) is 17.9. The van der Waals surface area contributed by atoms with Gasteiger partial charge in [0.2, 0.25) is 0 Å². The van der Waals surface area contributed by atoms with Gasteiger partial charge >= 0.3 is 38.7 Å². The van der Waals surface area contributed by atoms with E-state index in [0.717, 1.165) is 16.7 Å². The van der Waals surface area contributed by atoms with E-state index in [9.17, 15) is 4.57 Å². The Bertz CT molecular complexity index is 1000. The molecule has 0 aliphatic carbocycles. The van der Waals surface area contributed by atoms with Crippen molar-refractivity contribution in [3.63, 3.8) is 0 Å². The molecule has 0 amide bonds. The van der Waals surface area contributed by atoms with Crippen LogP contribution < -0.4 is 32.0 Å². The first-order chi connectivity index (χ1) is 14.5. The minimum atomic E-state index is -4.64. The zero-order valence-electron chi connectivity index (χ0n) is 19.3. The van der Waals surface area contributed by atoms with E-state index in [1.807, 2.05) is 75.4 Å². The summed E-state index contributed by atoms with van der Waals surface area (Å²) in [7, 11) is -8.60. The Balaban J connectivity index is -0.00000104. The third-order valence-electron chi connectivity index (χ3n) is 3.91. The summed E-state index contributed by atoms with van der Waals surface area (Å²) in [5.74, 6) is 1.37. The van der Waals surface area contributed by atoms with E-state index < -0.39 is 15.6 Å². The summed E-state index contributed by atoms with van der Waals surface area (Å²) in [6.07, 6.45) is 0. The molecule has 12 N–H and O–H groups in total. The van der Waals surface area contributed by atoms with Crippen LogP contribution in [0.25, 0.3) is 0 Å². The summed E-state index contributed by atoms with van der Waals surface area (Å²) in [6, 6.07) is 22.0. The monoisotopic (exact) mass is 543 g/mol. The largest absolute Gasteiger partial charge is 0.647 e. The summed E-state index contributed by atoms with van der Waals surface area (Å²) in [5, 5.41) is 0. The standard InChI is InChI=1S/C21H21O4P.Mg.3H3N.H3O4P.2H/c1-16-10-4-7-13-19(16)23-26(22,24-20-14-8-5-11-17(20)2)25-21-15-9-6-12-18(21)3;;;;;1-5(2,3)4;;/h4-15H,1-3H3;;3*1H3;(H3,1,2,3,4);;. The highest BCUT2D eigenvalue weighted by Gasteiger charge is 2.34. The summed E-state index contributed by atoms with van der Waals surface area (Å²) >= 11 is 0. The van der Waals surface area contributed by atoms with Gasteiger partial charge in [0.25, 0.3) is 0 Å². The number of para-hydroxylation sites is 3.